The van der Waals surface area contributed by atoms with Gasteiger partial charge >= 0.3 is 7.12 Å². The maximum absolute atomic E-state index is 6.39. The summed E-state index contributed by atoms with van der Waals surface area (Å²) in [4.78, 5) is 4.17. The molecule has 0 bridgehead atoms. The minimum absolute atomic E-state index is 0.189. The molecule has 0 N–H and O–H groups in total. The number of hydrogen-bond acceptors (Lipinski definition) is 3. The lowest BCUT2D eigenvalue weighted by atomic mass is 9.75. The van der Waals surface area contributed by atoms with E-state index in [-0.39, 0.29) is 18.3 Å². The van der Waals surface area contributed by atoms with Crippen LogP contribution in [0.15, 0.2) is 12.5 Å². The second-order valence-corrected chi connectivity index (χ2v) is 5.40. The lowest BCUT2D eigenvalue weighted by Crippen LogP contribution is -2.50. The van der Waals surface area contributed by atoms with Gasteiger partial charge in [0.15, 0.2) is 0 Å². The summed E-state index contributed by atoms with van der Waals surface area (Å²) in [6.45, 7) is 8.77. The highest BCUT2D eigenvalue weighted by atomic mass is 16.7. The predicted molar refractivity (Wildman–Crippen MR) is 77.4 cm³/mol. The molecular weight excluding hydrogens is 239 g/mol. The van der Waals surface area contributed by atoms with Crippen LogP contribution < -0.4 is 5.59 Å². The molecule has 1 saturated heterocycles. The van der Waals surface area contributed by atoms with Gasteiger partial charge in [-0.05, 0) is 25.7 Å². The molecule has 1 aliphatic heterocycles. The van der Waals surface area contributed by atoms with Crippen LogP contribution in [0.5, 0.6) is 0 Å². The number of aryl methyl sites for hydroxylation is 1. The number of hydrogen-bond donors (Lipinski definition) is 0. The molecule has 106 valence electrons. The molecule has 1 aromatic rings. The van der Waals surface area contributed by atoms with Gasteiger partial charge in [-0.15, -0.1) is 0 Å². The van der Waals surface area contributed by atoms with Gasteiger partial charge < -0.3 is 13.9 Å². The molecule has 1 aliphatic rings. The van der Waals surface area contributed by atoms with E-state index in [4.69, 9.17) is 9.31 Å². The third-order valence-corrected chi connectivity index (χ3v) is 4.88. The summed E-state index contributed by atoms with van der Waals surface area (Å²) in [5, 5.41) is 0. The Hall–Kier alpha value is -0.805. The summed E-state index contributed by atoms with van der Waals surface area (Å²) >= 11 is 0. The van der Waals surface area contributed by atoms with E-state index in [9.17, 15) is 0 Å². The van der Waals surface area contributed by atoms with Crippen molar-refractivity contribution < 1.29 is 9.31 Å². The highest BCUT2D eigenvalue weighted by Crippen LogP contribution is 2.46. The van der Waals surface area contributed by atoms with Gasteiger partial charge in [-0.2, -0.15) is 0 Å². The van der Waals surface area contributed by atoms with E-state index >= 15 is 0 Å². The molecular formula is C14H25BN2O2. The van der Waals surface area contributed by atoms with Gasteiger partial charge in [0.1, 0.15) is 0 Å². The normalized spacial score (nSPS) is 21.0. The van der Waals surface area contributed by atoms with Crippen LogP contribution in [0, 0.1) is 0 Å². The van der Waals surface area contributed by atoms with Gasteiger partial charge in [0.2, 0.25) is 0 Å². The van der Waals surface area contributed by atoms with Gasteiger partial charge in [-0.1, -0.05) is 27.7 Å². The molecule has 5 heteroatoms. The smallest absolute Gasteiger partial charge is 0.398 e. The highest BCUT2D eigenvalue weighted by Gasteiger charge is 2.59. The van der Waals surface area contributed by atoms with Gasteiger partial charge in [0, 0.05) is 13.2 Å². The molecule has 0 aromatic carbocycles. The van der Waals surface area contributed by atoms with E-state index in [1.165, 1.54) is 0 Å². The van der Waals surface area contributed by atoms with Crippen LogP contribution >= 0.6 is 0 Å². The summed E-state index contributed by atoms with van der Waals surface area (Å²) in [5.41, 5.74) is 0.617. The van der Waals surface area contributed by atoms with Gasteiger partial charge in [0.05, 0.1) is 23.1 Å². The van der Waals surface area contributed by atoms with Crippen LogP contribution in [0.4, 0.5) is 0 Å². The monoisotopic (exact) mass is 264 g/mol. The number of imidazole rings is 1. The van der Waals surface area contributed by atoms with E-state index in [2.05, 4.69) is 32.7 Å². The second-order valence-electron chi connectivity index (χ2n) is 5.40. The molecule has 0 radical (unpaired) electrons. The van der Waals surface area contributed by atoms with Gasteiger partial charge in [-0.25, -0.2) is 4.98 Å². The highest BCUT2D eigenvalue weighted by molar-refractivity contribution is 6.61. The van der Waals surface area contributed by atoms with Crippen molar-refractivity contribution in [2.45, 2.75) is 64.6 Å². The topological polar surface area (TPSA) is 36.3 Å². The van der Waals surface area contributed by atoms with Crippen molar-refractivity contribution in [3.63, 3.8) is 0 Å². The summed E-state index contributed by atoms with van der Waals surface area (Å²) in [5.74, 6) is 0. The van der Waals surface area contributed by atoms with E-state index in [0.29, 0.717) is 0 Å². The van der Waals surface area contributed by atoms with Crippen LogP contribution in [-0.4, -0.2) is 27.9 Å². The Labute approximate surface area is 116 Å². The van der Waals surface area contributed by atoms with Crippen molar-refractivity contribution >= 4 is 12.7 Å². The third kappa shape index (κ3) is 2.03. The fourth-order valence-electron chi connectivity index (χ4n) is 3.49. The molecule has 1 aromatic heterocycles. The predicted octanol–water partition coefficient (Wildman–Crippen LogP) is 2.28. The van der Waals surface area contributed by atoms with Crippen molar-refractivity contribution in [1.82, 2.24) is 9.55 Å². The number of nitrogens with zero attached hydrogens (tertiary/aromatic N) is 2. The standard InChI is InChI=1S/C14H25BN2O2/c1-6-13(7-2)14(8-3,9-4)19-15(18-13)12-10-16-11-17(12)5/h10-11H,6-9H2,1-5H3. The molecule has 2 rings (SSSR count). The fourth-order valence-corrected chi connectivity index (χ4v) is 3.49. The van der Waals surface area contributed by atoms with E-state index in [1.807, 2.05) is 17.8 Å². The zero-order valence-corrected chi connectivity index (χ0v) is 12.8. The summed E-state index contributed by atoms with van der Waals surface area (Å²) in [6.07, 6.45) is 7.51. The van der Waals surface area contributed by atoms with Crippen molar-refractivity contribution in [2.75, 3.05) is 0 Å². The van der Waals surface area contributed by atoms with Crippen molar-refractivity contribution in [3.05, 3.63) is 12.5 Å². The lowest BCUT2D eigenvalue weighted by Gasteiger charge is -2.42. The first-order chi connectivity index (χ1) is 9.08. The Morgan fingerprint density at radius 3 is 1.84 bits per heavy atom. The van der Waals surface area contributed by atoms with Crippen LogP contribution in [0.2, 0.25) is 0 Å². The maximum Gasteiger partial charge on any atom is 0.514 e. The maximum atomic E-state index is 6.39. The van der Waals surface area contributed by atoms with Crippen LogP contribution in [0.3, 0.4) is 0 Å². The van der Waals surface area contributed by atoms with Crippen molar-refractivity contribution in [2.24, 2.45) is 7.05 Å². The Kier molecular flexibility index (Phi) is 4.07. The zero-order valence-electron chi connectivity index (χ0n) is 12.8. The Balaban J connectivity index is 2.38. The molecule has 2 heterocycles. The van der Waals surface area contributed by atoms with Crippen LogP contribution in [0.25, 0.3) is 0 Å². The van der Waals surface area contributed by atoms with Gasteiger partial charge in [0.25, 0.3) is 0 Å². The summed E-state index contributed by atoms with van der Waals surface area (Å²) < 4.78 is 14.7. The molecule has 4 nitrogen and oxygen atoms in total. The molecule has 19 heavy (non-hydrogen) atoms. The SMILES string of the molecule is CCC1(CC)OB(c2cncn2C)OC1(CC)CC. The minimum atomic E-state index is -0.299. The third-order valence-electron chi connectivity index (χ3n) is 4.88. The van der Waals surface area contributed by atoms with Crippen molar-refractivity contribution in [3.8, 4) is 0 Å². The van der Waals surface area contributed by atoms with Crippen LogP contribution in [-0.2, 0) is 16.4 Å². The average Bonchev–Trinajstić information content (AvgIpc) is 3.00. The largest absolute Gasteiger partial charge is 0.514 e. The zero-order chi connectivity index (χ0) is 14.1. The molecule has 1 fully saturated rings. The lowest BCUT2D eigenvalue weighted by molar-refractivity contribution is -0.0601. The number of rotatable bonds is 5. The fraction of sp³-hybridized carbons (Fsp3) is 0.786. The second kappa shape index (κ2) is 5.29. The van der Waals surface area contributed by atoms with Crippen molar-refractivity contribution in [1.29, 1.82) is 0 Å². The average molecular weight is 264 g/mol. The number of aromatic nitrogens is 2. The summed E-state index contributed by atoms with van der Waals surface area (Å²) in [7, 11) is 1.68. The molecule has 0 aliphatic carbocycles. The Morgan fingerprint density at radius 1 is 1.05 bits per heavy atom. The molecule has 0 amide bonds. The Morgan fingerprint density at radius 2 is 1.53 bits per heavy atom. The first-order valence-corrected chi connectivity index (χ1v) is 7.40. The van der Waals surface area contributed by atoms with Gasteiger partial charge in [-0.3, -0.25) is 0 Å². The quantitative estimate of drug-likeness (QED) is 0.765. The van der Waals surface area contributed by atoms with E-state index < -0.39 is 0 Å². The first-order valence-electron chi connectivity index (χ1n) is 7.40. The molecule has 0 unspecified atom stereocenters. The van der Waals surface area contributed by atoms with E-state index in [1.54, 1.807) is 6.33 Å². The van der Waals surface area contributed by atoms with Crippen LogP contribution in [0.1, 0.15) is 53.4 Å². The molecule has 0 saturated carbocycles. The summed E-state index contributed by atoms with van der Waals surface area (Å²) in [6, 6.07) is 0. The Bertz CT molecular complexity index is 405. The molecule has 0 spiro atoms. The molecule has 0 atom stereocenters. The minimum Gasteiger partial charge on any atom is -0.398 e. The first kappa shape index (κ1) is 14.6. The van der Waals surface area contributed by atoms with E-state index in [0.717, 1.165) is 31.3 Å².